The standard InChI is InChI=1S/C19H29N5O2/c1-13-11-14(2)22-18(21-13)23-8-5-15(6-9-23)12-16(25)24-10-7-20-17(26)19(24,3)4/h11,15H,5-10,12H2,1-4H3,(H,20,26). The normalized spacial score (nSPS) is 20.8. The molecule has 7 nitrogen and oxygen atoms in total. The summed E-state index contributed by atoms with van der Waals surface area (Å²) in [6.07, 6.45) is 2.41. The van der Waals surface area contributed by atoms with Gasteiger partial charge in [-0.2, -0.15) is 0 Å². The second-order valence-electron chi connectivity index (χ2n) is 7.95. The summed E-state index contributed by atoms with van der Waals surface area (Å²) in [6, 6.07) is 1.98. The Hall–Kier alpha value is -2.18. The van der Waals surface area contributed by atoms with Crippen molar-refractivity contribution in [3.05, 3.63) is 17.5 Å². The Morgan fingerprint density at radius 3 is 2.42 bits per heavy atom. The van der Waals surface area contributed by atoms with E-state index in [9.17, 15) is 9.59 Å². The summed E-state index contributed by atoms with van der Waals surface area (Å²) in [5.74, 6) is 1.16. The molecule has 3 heterocycles. The summed E-state index contributed by atoms with van der Waals surface area (Å²) in [6.45, 7) is 10.5. The van der Waals surface area contributed by atoms with E-state index in [0.717, 1.165) is 43.3 Å². The van der Waals surface area contributed by atoms with Crippen molar-refractivity contribution >= 4 is 17.8 Å². The van der Waals surface area contributed by atoms with E-state index in [0.29, 0.717) is 25.4 Å². The zero-order valence-electron chi connectivity index (χ0n) is 16.2. The largest absolute Gasteiger partial charge is 0.352 e. The molecule has 0 atom stereocenters. The highest BCUT2D eigenvalue weighted by Gasteiger charge is 2.40. The number of anilines is 1. The van der Waals surface area contributed by atoms with Gasteiger partial charge in [0.05, 0.1) is 0 Å². The lowest BCUT2D eigenvalue weighted by molar-refractivity contribution is -0.149. The van der Waals surface area contributed by atoms with E-state index in [4.69, 9.17) is 0 Å². The number of hydrogen-bond acceptors (Lipinski definition) is 5. The van der Waals surface area contributed by atoms with Gasteiger partial charge in [0.2, 0.25) is 17.8 Å². The van der Waals surface area contributed by atoms with Gasteiger partial charge in [0.1, 0.15) is 5.54 Å². The van der Waals surface area contributed by atoms with E-state index in [1.165, 1.54) is 0 Å². The van der Waals surface area contributed by atoms with Crippen molar-refractivity contribution in [1.82, 2.24) is 20.2 Å². The fourth-order valence-corrected chi connectivity index (χ4v) is 3.88. The molecule has 3 rings (SSSR count). The summed E-state index contributed by atoms with van der Waals surface area (Å²) in [5, 5.41) is 2.84. The second kappa shape index (κ2) is 7.21. The molecule has 1 aromatic rings. The van der Waals surface area contributed by atoms with Gasteiger partial charge in [-0.3, -0.25) is 9.59 Å². The Morgan fingerprint density at radius 2 is 1.81 bits per heavy atom. The van der Waals surface area contributed by atoms with Crippen LogP contribution in [0.1, 0.15) is 44.5 Å². The molecule has 0 spiro atoms. The lowest BCUT2D eigenvalue weighted by Gasteiger charge is -2.42. The van der Waals surface area contributed by atoms with Crippen LogP contribution in [0.25, 0.3) is 0 Å². The topological polar surface area (TPSA) is 78.4 Å². The number of hydrogen-bond donors (Lipinski definition) is 1. The van der Waals surface area contributed by atoms with Gasteiger partial charge in [-0.1, -0.05) is 0 Å². The second-order valence-corrected chi connectivity index (χ2v) is 7.95. The van der Waals surface area contributed by atoms with Crippen LogP contribution in [0.5, 0.6) is 0 Å². The first-order valence-electron chi connectivity index (χ1n) is 9.43. The van der Waals surface area contributed by atoms with Crippen LogP contribution in [0.2, 0.25) is 0 Å². The molecule has 0 aromatic carbocycles. The van der Waals surface area contributed by atoms with E-state index >= 15 is 0 Å². The number of nitrogens with zero attached hydrogens (tertiary/aromatic N) is 4. The van der Waals surface area contributed by atoms with Crippen LogP contribution in [0, 0.1) is 19.8 Å². The molecule has 1 aromatic heterocycles. The molecule has 1 N–H and O–H groups in total. The molecule has 2 amide bonds. The van der Waals surface area contributed by atoms with Gasteiger partial charge in [-0.15, -0.1) is 0 Å². The molecular weight excluding hydrogens is 330 g/mol. The quantitative estimate of drug-likeness (QED) is 0.883. The van der Waals surface area contributed by atoms with Crippen molar-refractivity contribution in [2.24, 2.45) is 5.92 Å². The number of piperidine rings is 1. The first kappa shape index (κ1) is 18.6. The molecule has 0 aliphatic carbocycles. The number of carbonyl (C=O) groups is 2. The SMILES string of the molecule is Cc1cc(C)nc(N2CCC(CC(=O)N3CCNC(=O)C3(C)C)CC2)n1. The molecule has 2 aliphatic rings. The third-order valence-electron chi connectivity index (χ3n) is 5.48. The maximum atomic E-state index is 12.8. The molecule has 142 valence electrons. The number of amides is 2. The lowest BCUT2D eigenvalue weighted by atomic mass is 9.91. The summed E-state index contributed by atoms with van der Waals surface area (Å²) >= 11 is 0. The molecule has 0 saturated carbocycles. The van der Waals surface area contributed by atoms with Crippen LogP contribution in [-0.4, -0.2) is 58.4 Å². The van der Waals surface area contributed by atoms with Crippen molar-refractivity contribution < 1.29 is 9.59 Å². The van der Waals surface area contributed by atoms with Crippen LogP contribution in [-0.2, 0) is 9.59 Å². The van der Waals surface area contributed by atoms with Gasteiger partial charge in [-0.05, 0) is 52.5 Å². The highest BCUT2D eigenvalue weighted by atomic mass is 16.2. The van der Waals surface area contributed by atoms with Crippen molar-refractivity contribution in [2.45, 2.75) is 52.5 Å². The zero-order valence-corrected chi connectivity index (χ0v) is 16.2. The van der Waals surface area contributed by atoms with Crippen LogP contribution < -0.4 is 10.2 Å². The zero-order chi connectivity index (χ0) is 18.9. The smallest absolute Gasteiger partial charge is 0.245 e. The van der Waals surface area contributed by atoms with Crippen LogP contribution >= 0.6 is 0 Å². The van der Waals surface area contributed by atoms with Crippen molar-refractivity contribution in [3.8, 4) is 0 Å². The molecule has 0 unspecified atom stereocenters. The maximum absolute atomic E-state index is 12.8. The van der Waals surface area contributed by atoms with E-state index in [-0.39, 0.29) is 11.8 Å². The molecule has 2 aliphatic heterocycles. The number of carbonyl (C=O) groups excluding carboxylic acids is 2. The number of nitrogens with one attached hydrogen (secondary N) is 1. The average molecular weight is 359 g/mol. The lowest BCUT2D eigenvalue weighted by Crippen LogP contribution is -2.63. The van der Waals surface area contributed by atoms with Crippen LogP contribution in [0.4, 0.5) is 5.95 Å². The molecule has 0 bridgehead atoms. The molecular formula is C19H29N5O2. The van der Waals surface area contributed by atoms with Gasteiger partial charge >= 0.3 is 0 Å². The van der Waals surface area contributed by atoms with Crippen molar-refractivity contribution in [2.75, 3.05) is 31.1 Å². The van der Waals surface area contributed by atoms with Crippen LogP contribution in [0.3, 0.4) is 0 Å². The highest BCUT2D eigenvalue weighted by molar-refractivity contribution is 5.91. The Morgan fingerprint density at radius 1 is 1.19 bits per heavy atom. The van der Waals surface area contributed by atoms with Crippen LogP contribution in [0.15, 0.2) is 6.07 Å². The third-order valence-corrected chi connectivity index (χ3v) is 5.48. The first-order valence-corrected chi connectivity index (χ1v) is 9.43. The summed E-state index contributed by atoms with van der Waals surface area (Å²) in [5.41, 5.74) is 1.20. The molecule has 2 fully saturated rings. The van der Waals surface area contributed by atoms with E-state index in [1.54, 1.807) is 4.90 Å². The minimum Gasteiger partial charge on any atom is -0.352 e. The molecule has 2 saturated heterocycles. The van der Waals surface area contributed by atoms with Gasteiger partial charge in [0.15, 0.2) is 0 Å². The Kier molecular flexibility index (Phi) is 5.16. The molecule has 0 radical (unpaired) electrons. The molecule has 7 heteroatoms. The number of rotatable bonds is 3. The van der Waals surface area contributed by atoms with Gasteiger partial charge in [0, 0.05) is 44.0 Å². The predicted octanol–water partition coefficient (Wildman–Crippen LogP) is 1.44. The highest BCUT2D eigenvalue weighted by Crippen LogP contribution is 2.26. The Labute approximate surface area is 155 Å². The fraction of sp³-hybridized carbons (Fsp3) is 0.684. The Bertz CT molecular complexity index is 675. The Balaban J connectivity index is 1.57. The van der Waals surface area contributed by atoms with E-state index in [2.05, 4.69) is 20.2 Å². The maximum Gasteiger partial charge on any atom is 0.245 e. The minimum absolute atomic E-state index is 0.0705. The molecule has 26 heavy (non-hydrogen) atoms. The summed E-state index contributed by atoms with van der Waals surface area (Å²) in [7, 11) is 0. The third kappa shape index (κ3) is 3.81. The monoisotopic (exact) mass is 359 g/mol. The predicted molar refractivity (Wildman–Crippen MR) is 99.9 cm³/mol. The van der Waals surface area contributed by atoms with E-state index < -0.39 is 5.54 Å². The summed E-state index contributed by atoms with van der Waals surface area (Å²) in [4.78, 5) is 37.9. The van der Waals surface area contributed by atoms with Gasteiger partial charge in [-0.25, -0.2) is 9.97 Å². The first-order chi connectivity index (χ1) is 12.3. The van der Waals surface area contributed by atoms with Crippen molar-refractivity contribution in [3.63, 3.8) is 0 Å². The minimum atomic E-state index is -0.761. The van der Waals surface area contributed by atoms with Gasteiger partial charge in [0.25, 0.3) is 0 Å². The number of aryl methyl sites for hydroxylation is 2. The number of piperazine rings is 1. The van der Waals surface area contributed by atoms with Gasteiger partial charge < -0.3 is 15.1 Å². The van der Waals surface area contributed by atoms with E-state index in [1.807, 2.05) is 33.8 Å². The number of aromatic nitrogens is 2. The van der Waals surface area contributed by atoms with Crippen molar-refractivity contribution in [1.29, 1.82) is 0 Å². The summed E-state index contributed by atoms with van der Waals surface area (Å²) < 4.78 is 0. The average Bonchev–Trinajstić information content (AvgIpc) is 2.57. The fourth-order valence-electron chi connectivity index (χ4n) is 3.88.